The second-order valence-corrected chi connectivity index (χ2v) is 6.19. The summed E-state index contributed by atoms with van der Waals surface area (Å²) in [6.07, 6.45) is 2.12. The molecule has 0 aromatic heterocycles. The number of hydrogen-bond donors (Lipinski definition) is 2. The fourth-order valence-electron chi connectivity index (χ4n) is 2.21. The number of carbonyl (C=O) groups is 1. The van der Waals surface area contributed by atoms with Gasteiger partial charge in [0.05, 0.1) is 5.56 Å². The third-order valence-corrected chi connectivity index (χ3v) is 3.80. The molecule has 0 saturated heterocycles. The van der Waals surface area contributed by atoms with Crippen LogP contribution in [0.1, 0.15) is 49.5 Å². The molecular weight excluding hydrogens is 236 g/mol. The standard InChI is InChI=1S/C16H24N2O/c1-5-8-17-13-7-6-11(2)9-12(13)15(19)18-14-10-16(14,3)4/h6-7,9,14,17H,5,8,10H2,1-4H3,(H,18,19). The summed E-state index contributed by atoms with van der Waals surface area (Å²) in [7, 11) is 0. The topological polar surface area (TPSA) is 41.1 Å². The number of hydrogen-bond acceptors (Lipinski definition) is 2. The molecule has 1 atom stereocenters. The van der Waals surface area contributed by atoms with Crippen LogP contribution in [-0.4, -0.2) is 18.5 Å². The molecule has 0 spiro atoms. The molecule has 1 aromatic rings. The lowest BCUT2D eigenvalue weighted by molar-refractivity contribution is 0.0947. The quantitative estimate of drug-likeness (QED) is 0.852. The van der Waals surface area contributed by atoms with Gasteiger partial charge in [0.25, 0.3) is 5.91 Å². The Morgan fingerprint density at radius 1 is 1.42 bits per heavy atom. The maximum atomic E-state index is 12.4. The first-order valence-electron chi connectivity index (χ1n) is 7.09. The average molecular weight is 260 g/mol. The van der Waals surface area contributed by atoms with Crippen molar-refractivity contribution in [3.05, 3.63) is 29.3 Å². The third-order valence-electron chi connectivity index (χ3n) is 3.80. The Morgan fingerprint density at radius 2 is 2.11 bits per heavy atom. The lowest BCUT2D eigenvalue weighted by atomic mass is 10.1. The zero-order valence-electron chi connectivity index (χ0n) is 12.3. The molecule has 3 nitrogen and oxygen atoms in total. The SMILES string of the molecule is CCCNc1ccc(C)cc1C(=O)NC1CC1(C)C. The van der Waals surface area contributed by atoms with E-state index >= 15 is 0 Å². The van der Waals surface area contributed by atoms with Gasteiger partial charge in [0.15, 0.2) is 0 Å². The highest BCUT2D eigenvalue weighted by Crippen LogP contribution is 2.44. The minimum Gasteiger partial charge on any atom is -0.384 e. The Kier molecular flexibility index (Phi) is 3.83. The van der Waals surface area contributed by atoms with Crippen molar-refractivity contribution in [2.75, 3.05) is 11.9 Å². The van der Waals surface area contributed by atoms with E-state index in [9.17, 15) is 4.79 Å². The van der Waals surface area contributed by atoms with Crippen LogP contribution in [0.2, 0.25) is 0 Å². The van der Waals surface area contributed by atoms with Crippen LogP contribution in [0.4, 0.5) is 5.69 Å². The Labute approximate surface area is 115 Å². The molecule has 2 N–H and O–H groups in total. The molecule has 1 aliphatic rings. The largest absolute Gasteiger partial charge is 0.384 e. The van der Waals surface area contributed by atoms with E-state index in [4.69, 9.17) is 0 Å². The molecule has 1 saturated carbocycles. The van der Waals surface area contributed by atoms with Gasteiger partial charge in [0.1, 0.15) is 0 Å². The van der Waals surface area contributed by atoms with Gasteiger partial charge in [0, 0.05) is 18.3 Å². The summed E-state index contributed by atoms with van der Waals surface area (Å²) in [5.74, 6) is 0.0397. The van der Waals surface area contributed by atoms with Gasteiger partial charge in [-0.05, 0) is 37.3 Å². The van der Waals surface area contributed by atoms with E-state index < -0.39 is 0 Å². The molecule has 1 amide bonds. The predicted molar refractivity (Wildman–Crippen MR) is 79.6 cm³/mol. The summed E-state index contributed by atoms with van der Waals surface area (Å²) in [5, 5.41) is 6.45. The maximum absolute atomic E-state index is 12.4. The Hall–Kier alpha value is -1.51. The first-order chi connectivity index (χ1) is 8.94. The van der Waals surface area contributed by atoms with E-state index in [0.29, 0.717) is 6.04 Å². The molecule has 1 aliphatic carbocycles. The zero-order chi connectivity index (χ0) is 14.0. The van der Waals surface area contributed by atoms with Crippen molar-refractivity contribution < 1.29 is 4.79 Å². The van der Waals surface area contributed by atoms with E-state index in [-0.39, 0.29) is 11.3 Å². The molecule has 1 unspecified atom stereocenters. The second kappa shape index (κ2) is 5.24. The third kappa shape index (κ3) is 3.28. The summed E-state index contributed by atoms with van der Waals surface area (Å²) in [4.78, 5) is 12.4. The number of rotatable bonds is 5. The second-order valence-electron chi connectivity index (χ2n) is 6.19. The summed E-state index contributed by atoms with van der Waals surface area (Å²) in [5.41, 5.74) is 3.07. The van der Waals surface area contributed by atoms with Crippen LogP contribution in [0.25, 0.3) is 0 Å². The van der Waals surface area contributed by atoms with Gasteiger partial charge in [-0.2, -0.15) is 0 Å². The molecule has 2 rings (SSSR count). The van der Waals surface area contributed by atoms with Crippen LogP contribution in [0.3, 0.4) is 0 Å². The van der Waals surface area contributed by atoms with Crippen LogP contribution in [-0.2, 0) is 0 Å². The number of carbonyl (C=O) groups excluding carboxylic acids is 1. The summed E-state index contributed by atoms with van der Waals surface area (Å²) in [6, 6.07) is 6.32. The summed E-state index contributed by atoms with van der Waals surface area (Å²) >= 11 is 0. The monoisotopic (exact) mass is 260 g/mol. The number of amides is 1. The maximum Gasteiger partial charge on any atom is 0.253 e. The van der Waals surface area contributed by atoms with Gasteiger partial charge in [-0.1, -0.05) is 32.4 Å². The summed E-state index contributed by atoms with van der Waals surface area (Å²) < 4.78 is 0. The van der Waals surface area contributed by atoms with Gasteiger partial charge in [-0.25, -0.2) is 0 Å². The Morgan fingerprint density at radius 3 is 2.68 bits per heavy atom. The molecule has 1 aromatic carbocycles. The van der Waals surface area contributed by atoms with Crippen molar-refractivity contribution in [3.63, 3.8) is 0 Å². The average Bonchev–Trinajstić information content (AvgIpc) is 2.94. The first kappa shape index (κ1) is 13.9. The molecule has 0 bridgehead atoms. The van der Waals surface area contributed by atoms with E-state index in [0.717, 1.165) is 36.2 Å². The van der Waals surface area contributed by atoms with Gasteiger partial charge in [-0.3, -0.25) is 4.79 Å². The van der Waals surface area contributed by atoms with Crippen molar-refractivity contribution in [1.29, 1.82) is 0 Å². The lowest BCUT2D eigenvalue weighted by Crippen LogP contribution is -2.29. The molecule has 3 heteroatoms. The van der Waals surface area contributed by atoms with Crippen molar-refractivity contribution in [2.24, 2.45) is 5.41 Å². The fourth-order valence-corrected chi connectivity index (χ4v) is 2.21. The van der Waals surface area contributed by atoms with Gasteiger partial charge in [-0.15, -0.1) is 0 Å². The normalized spacial score (nSPS) is 19.9. The number of anilines is 1. The molecular formula is C16H24N2O. The van der Waals surface area contributed by atoms with Crippen LogP contribution in [0.5, 0.6) is 0 Å². The van der Waals surface area contributed by atoms with E-state index in [1.165, 1.54) is 0 Å². The predicted octanol–water partition coefficient (Wildman–Crippen LogP) is 3.35. The highest BCUT2D eigenvalue weighted by atomic mass is 16.1. The zero-order valence-corrected chi connectivity index (χ0v) is 12.3. The highest BCUT2D eigenvalue weighted by Gasteiger charge is 2.46. The Bertz CT molecular complexity index is 480. The first-order valence-corrected chi connectivity index (χ1v) is 7.09. The van der Waals surface area contributed by atoms with Gasteiger partial charge >= 0.3 is 0 Å². The molecule has 1 fully saturated rings. The molecule has 0 aliphatic heterocycles. The van der Waals surface area contributed by atoms with Gasteiger partial charge in [0.2, 0.25) is 0 Å². The van der Waals surface area contributed by atoms with Crippen LogP contribution in [0.15, 0.2) is 18.2 Å². The highest BCUT2D eigenvalue weighted by molar-refractivity contribution is 6.00. The Balaban J connectivity index is 2.12. The van der Waals surface area contributed by atoms with Crippen LogP contribution >= 0.6 is 0 Å². The van der Waals surface area contributed by atoms with Crippen molar-refractivity contribution in [1.82, 2.24) is 5.32 Å². The van der Waals surface area contributed by atoms with Crippen LogP contribution < -0.4 is 10.6 Å². The molecule has 0 heterocycles. The van der Waals surface area contributed by atoms with E-state index in [1.807, 2.05) is 25.1 Å². The fraction of sp³-hybridized carbons (Fsp3) is 0.562. The smallest absolute Gasteiger partial charge is 0.253 e. The van der Waals surface area contributed by atoms with Crippen molar-refractivity contribution in [3.8, 4) is 0 Å². The molecule has 19 heavy (non-hydrogen) atoms. The molecule has 104 valence electrons. The van der Waals surface area contributed by atoms with E-state index in [1.54, 1.807) is 0 Å². The minimum atomic E-state index is 0.0397. The summed E-state index contributed by atoms with van der Waals surface area (Å²) in [6.45, 7) is 9.39. The van der Waals surface area contributed by atoms with E-state index in [2.05, 4.69) is 31.4 Å². The minimum absolute atomic E-state index is 0.0397. The van der Waals surface area contributed by atoms with Crippen LogP contribution in [0, 0.1) is 12.3 Å². The van der Waals surface area contributed by atoms with Gasteiger partial charge < -0.3 is 10.6 Å². The number of nitrogens with one attached hydrogen (secondary N) is 2. The van der Waals surface area contributed by atoms with Crippen molar-refractivity contribution >= 4 is 11.6 Å². The lowest BCUT2D eigenvalue weighted by Gasteiger charge is -2.13. The number of benzene rings is 1. The molecule has 0 radical (unpaired) electrons. The number of aryl methyl sites for hydroxylation is 1. The van der Waals surface area contributed by atoms with Crippen molar-refractivity contribution in [2.45, 2.75) is 46.6 Å².